The first-order valence-corrected chi connectivity index (χ1v) is 5.27. The third kappa shape index (κ3) is 1.92. The van der Waals surface area contributed by atoms with E-state index in [-0.39, 0.29) is 0 Å². The molecule has 1 unspecified atom stereocenters. The summed E-state index contributed by atoms with van der Waals surface area (Å²) < 4.78 is 2.06. The van der Waals surface area contributed by atoms with Crippen molar-refractivity contribution in [1.29, 1.82) is 0 Å². The molecule has 0 heterocycles. The van der Waals surface area contributed by atoms with E-state index in [0.29, 0.717) is 5.02 Å². The standard InChI is InChI=1S/C6H4AsBrCl2/c7-6-4(8)1-3(9)2-5(6)10/h1-2H,7H2. The van der Waals surface area contributed by atoms with Crippen molar-refractivity contribution in [2.45, 2.75) is 0 Å². The van der Waals surface area contributed by atoms with Crippen molar-refractivity contribution >= 4 is 60.3 Å². The van der Waals surface area contributed by atoms with Gasteiger partial charge in [-0.1, -0.05) is 0 Å². The number of benzene rings is 1. The van der Waals surface area contributed by atoms with Gasteiger partial charge in [-0.2, -0.15) is 0 Å². The topological polar surface area (TPSA) is 0 Å². The van der Waals surface area contributed by atoms with Crippen molar-refractivity contribution in [1.82, 2.24) is 0 Å². The molecule has 54 valence electrons. The van der Waals surface area contributed by atoms with Gasteiger partial charge < -0.3 is 0 Å². The molecule has 0 aliphatic rings. The van der Waals surface area contributed by atoms with Crippen LogP contribution in [0.2, 0.25) is 10.0 Å². The Balaban J connectivity index is 3.31. The van der Waals surface area contributed by atoms with E-state index >= 15 is 0 Å². The van der Waals surface area contributed by atoms with Crippen LogP contribution in [0.4, 0.5) is 0 Å². The van der Waals surface area contributed by atoms with Gasteiger partial charge in [-0.3, -0.25) is 0 Å². The fraction of sp³-hybridized carbons (Fsp3) is 0. The molecule has 0 nitrogen and oxygen atoms in total. The van der Waals surface area contributed by atoms with Crippen LogP contribution in [0.5, 0.6) is 0 Å². The van der Waals surface area contributed by atoms with E-state index in [1.165, 1.54) is 16.9 Å². The predicted octanol–water partition coefficient (Wildman–Crippen LogP) is 2.01. The summed E-state index contributed by atoms with van der Waals surface area (Å²) in [5.74, 6) is 0. The summed E-state index contributed by atoms with van der Waals surface area (Å²) in [6.07, 6.45) is 0. The first-order valence-electron chi connectivity index (χ1n) is 2.51. The second-order valence-electron chi connectivity index (χ2n) is 1.78. The van der Waals surface area contributed by atoms with Crippen LogP contribution in [0.25, 0.3) is 0 Å². The minimum atomic E-state index is 0.665. The molecule has 1 aromatic carbocycles. The molecule has 1 aromatic rings. The van der Waals surface area contributed by atoms with Crippen LogP contribution in [-0.4, -0.2) is 16.9 Å². The van der Waals surface area contributed by atoms with Crippen LogP contribution in [0.3, 0.4) is 0 Å². The Morgan fingerprint density at radius 1 is 1.30 bits per heavy atom. The molecule has 4 heteroatoms. The fourth-order valence-electron chi connectivity index (χ4n) is 0.553. The zero-order valence-electron chi connectivity index (χ0n) is 4.87. The number of halogens is 3. The van der Waals surface area contributed by atoms with Gasteiger partial charge in [0.25, 0.3) is 0 Å². The van der Waals surface area contributed by atoms with Gasteiger partial charge in [0.1, 0.15) is 0 Å². The van der Waals surface area contributed by atoms with E-state index in [4.69, 9.17) is 23.2 Å². The Hall–Kier alpha value is 0.838. The maximum absolute atomic E-state index is 5.82. The van der Waals surface area contributed by atoms with Crippen molar-refractivity contribution in [3.63, 3.8) is 0 Å². The zero-order valence-corrected chi connectivity index (χ0v) is 10.4. The molecule has 10 heavy (non-hydrogen) atoms. The Morgan fingerprint density at radius 3 is 2.40 bits per heavy atom. The van der Waals surface area contributed by atoms with Gasteiger partial charge >= 0.3 is 87.0 Å². The van der Waals surface area contributed by atoms with Crippen molar-refractivity contribution in [2.75, 3.05) is 0 Å². The summed E-state index contributed by atoms with van der Waals surface area (Å²) in [7, 11) is 0. The van der Waals surface area contributed by atoms with Crippen molar-refractivity contribution in [3.05, 3.63) is 26.7 Å². The van der Waals surface area contributed by atoms with Gasteiger partial charge in [-0.25, -0.2) is 0 Å². The molecule has 0 bridgehead atoms. The molecule has 0 radical (unpaired) electrons. The van der Waals surface area contributed by atoms with Crippen LogP contribution >= 0.6 is 39.1 Å². The molecule has 0 aromatic heterocycles. The van der Waals surface area contributed by atoms with Crippen LogP contribution in [-0.2, 0) is 0 Å². The number of hydrogen-bond acceptors (Lipinski definition) is 0. The van der Waals surface area contributed by atoms with E-state index < -0.39 is 0 Å². The third-order valence-electron chi connectivity index (χ3n) is 1.04. The molecule has 1 atom stereocenters. The fourth-order valence-corrected chi connectivity index (χ4v) is 2.10. The summed E-state index contributed by atoms with van der Waals surface area (Å²) in [4.78, 5) is 0. The van der Waals surface area contributed by atoms with Crippen LogP contribution < -0.4 is 4.35 Å². The van der Waals surface area contributed by atoms with Crippen molar-refractivity contribution < 1.29 is 0 Å². The SMILES string of the molecule is Clc1cc(Cl)c([AsH2])c(Br)c1. The number of rotatable bonds is 0. The maximum atomic E-state index is 5.82. The molecule has 0 aliphatic carbocycles. The monoisotopic (exact) mass is 300 g/mol. The van der Waals surface area contributed by atoms with Crippen LogP contribution in [0, 0.1) is 0 Å². The van der Waals surface area contributed by atoms with Gasteiger partial charge in [0, 0.05) is 0 Å². The van der Waals surface area contributed by atoms with Crippen LogP contribution in [0.15, 0.2) is 16.6 Å². The normalized spacial score (nSPS) is 10.0. The Bertz CT molecular complexity index is 239. The zero-order chi connectivity index (χ0) is 7.72. The van der Waals surface area contributed by atoms with Gasteiger partial charge in [-0.05, 0) is 0 Å². The Labute approximate surface area is 86.5 Å². The van der Waals surface area contributed by atoms with Gasteiger partial charge in [0.05, 0.1) is 0 Å². The van der Waals surface area contributed by atoms with E-state index in [1.54, 1.807) is 6.07 Å². The molecule has 0 fully saturated rings. The molecular weight excluding hydrogens is 298 g/mol. The van der Waals surface area contributed by atoms with E-state index in [1.807, 2.05) is 6.07 Å². The molecule has 0 N–H and O–H groups in total. The van der Waals surface area contributed by atoms with Gasteiger partial charge in [-0.15, -0.1) is 0 Å². The molecular formula is C6H4AsBrCl2. The Morgan fingerprint density at radius 2 is 1.90 bits per heavy atom. The summed E-state index contributed by atoms with van der Waals surface area (Å²) in [6.45, 7) is 0. The molecule has 1 rings (SSSR count). The molecule has 0 saturated heterocycles. The third-order valence-corrected chi connectivity index (χ3v) is 4.81. The second kappa shape index (κ2) is 3.49. The second-order valence-corrected chi connectivity index (χ2v) is 4.69. The quantitative estimate of drug-likeness (QED) is 0.643. The summed E-state index contributed by atoms with van der Waals surface area (Å²) in [6, 6.07) is 3.58. The first-order chi connectivity index (χ1) is 4.61. The number of hydrogen-bond donors (Lipinski definition) is 0. The molecule has 0 aliphatic heterocycles. The van der Waals surface area contributed by atoms with Crippen molar-refractivity contribution in [3.8, 4) is 0 Å². The summed E-state index contributed by atoms with van der Waals surface area (Å²) in [5, 5.41) is 1.39. The molecule has 0 amide bonds. The molecule has 0 spiro atoms. The minimum absolute atomic E-state index is 0.665. The van der Waals surface area contributed by atoms with E-state index in [2.05, 4.69) is 15.9 Å². The molecule has 0 saturated carbocycles. The van der Waals surface area contributed by atoms with Gasteiger partial charge in [0.2, 0.25) is 0 Å². The van der Waals surface area contributed by atoms with Crippen LogP contribution in [0.1, 0.15) is 0 Å². The average Bonchev–Trinajstić information content (AvgIpc) is 1.82. The van der Waals surface area contributed by atoms with Gasteiger partial charge in [0.15, 0.2) is 0 Å². The summed E-state index contributed by atoms with van der Waals surface area (Å²) >= 11 is 16.4. The summed E-state index contributed by atoms with van der Waals surface area (Å²) in [5.41, 5.74) is 0. The van der Waals surface area contributed by atoms with E-state index in [0.717, 1.165) is 13.8 Å². The predicted molar refractivity (Wildman–Crippen MR) is 52.3 cm³/mol. The average molecular weight is 302 g/mol. The van der Waals surface area contributed by atoms with Crippen molar-refractivity contribution in [2.24, 2.45) is 0 Å². The van der Waals surface area contributed by atoms with E-state index in [9.17, 15) is 0 Å². The first kappa shape index (κ1) is 8.93. The Kier molecular flexibility index (Phi) is 3.12.